The van der Waals surface area contributed by atoms with Crippen LogP contribution in [0.25, 0.3) is 0 Å². The molecule has 10 heteroatoms. The lowest BCUT2D eigenvalue weighted by molar-refractivity contribution is -0.121. The molecule has 9 nitrogen and oxygen atoms in total. The minimum atomic E-state index is -0.262. The Morgan fingerprint density at radius 2 is 1.91 bits per heavy atom. The highest BCUT2D eigenvalue weighted by atomic mass is 32.2. The van der Waals surface area contributed by atoms with Gasteiger partial charge in [-0.15, -0.1) is 0 Å². The molecule has 0 bridgehead atoms. The molecule has 2 heterocycles. The van der Waals surface area contributed by atoms with Crippen molar-refractivity contribution in [3.05, 3.63) is 29.8 Å². The van der Waals surface area contributed by atoms with Crippen molar-refractivity contribution in [3.63, 3.8) is 0 Å². The van der Waals surface area contributed by atoms with Gasteiger partial charge in [-0.3, -0.25) is 9.59 Å². The molecule has 34 heavy (non-hydrogen) atoms. The fraction of sp³-hybridized carbons (Fsp3) is 0.625. The molecule has 0 spiro atoms. The van der Waals surface area contributed by atoms with Crippen molar-refractivity contribution in [2.45, 2.75) is 68.3 Å². The van der Waals surface area contributed by atoms with Gasteiger partial charge in [-0.2, -0.15) is 11.8 Å². The maximum Gasteiger partial charge on any atom is 0.315 e. The zero-order chi connectivity index (χ0) is 24.3. The van der Waals surface area contributed by atoms with E-state index in [0.717, 1.165) is 44.4 Å². The number of amides is 3. The summed E-state index contributed by atoms with van der Waals surface area (Å²) in [6, 6.07) is 7.22. The second-order valence-corrected chi connectivity index (χ2v) is 10.4. The van der Waals surface area contributed by atoms with Crippen molar-refractivity contribution in [3.8, 4) is 0 Å². The van der Waals surface area contributed by atoms with Gasteiger partial charge in [-0.1, -0.05) is 18.6 Å². The van der Waals surface area contributed by atoms with E-state index in [2.05, 4.69) is 21.3 Å². The molecular weight excluding hydrogens is 452 g/mol. The number of nitrogen functional groups attached to an aromatic ring is 1. The summed E-state index contributed by atoms with van der Waals surface area (Å²) in [5.41, 5.74) is 12.9. The number of benzene rings is 1. The number of Topliss-reactive ketones (excluding diaryl/α,β-unsaturated/α-hetero) is 1. The number of unbranched alkanes of at least 4 members (excludes halogenated alkanes) is 2. The third kappa shape index (κ3) is 8.18. The second-order valence-electron chi connectivity index (χ2n) is 9.10. The topological polar surface area (TPSA) is 151 Å². The molecule has 8 N–H and O–H groups in total. The highest BCUT2D eigenvalue weighted by Crippen LogP contribution is 2.33. The van der Waals surface area contributed by atoms with Crippen LogP contribution in [0.2, 0.25) is 0 Å². The van der Waals surface area contributed by atoms with E-state index in [1.54, 1.807) is 24.3 Å². The summed E-state index contributed by atoms with van der Waals surface area (Å²) < 4.78 is 0. The number of urea groups is 1. The minimum absolute atomic E-state index is 0.0383. The molecule has 1 aromatic rings. The first-order chi connectivity index (χ1) is 16.4. The molecule has 0 saturated carbocycles. The average Bonchev–Trinajstić information content (AvgIpc) is 3.35. The fourth-order valence-corrected chi connectivity index (χ4v) is 5.97. The zero-order valence-electron chi connectivity index (χ0n) is 19.7. The van der Waals surface area contributed by atoms with Gasteiger partial charge >= 0.3 is 6.03 Å². The number of fused-ring (bicyclic) bond motifs is 1. The molecule has 2 fully saturated rings. The van der Waals surface area contributed by atoms with Crippen LogP contribution < -0.4 is 32.7 Å². The van der Waals surface area contributed by atoms with Crippen LogP contribution in [-0.4, -0.2) is 66.5 Å². The minimum Gasteiger partial charge on any atom is -0.398 e. The van der Waals surface area contributed by atoms with Crippen molar-refractivity contribution >= 4 is 35.2 Å². The summed E-state index contributed by atoms with van der Waals surface area (Å²) in [4.78, 5) is 35.7. The monoisotopic (exact) mass is 490 g/mol. The lowest BCUT2D eigenvalue weighted by atomic mass is 10.0. The van der Waals surface area contributed by atoms with Crippen molar-refractivity contribution in [1.29, 1.82) is 0 Å². The number of para-hydroxylation sites is 1. The van der Waals surface area contributed by atoms with Gasteiger partial charge in [0, 0.05) is 54.2 Å². The van der Waals surface area contributed by atoms with Crippen molar-refractivity contribution in [2.75, 3.05) is 31.1 Å². The number of nitrogens with two attached hydrogens (primary N) is 2. The first-order valence-electron chi connectivity index (χ1n) is 12.2. The largest absolute Gasteiger partial charge is 0.398 e. The van der Waals surface area contributed by atoms with E-state index in [9.17, 15) is 14.4 Å². The predicted octanol–water partition coefficient (Wildman–Crippen LogP) is 1.38. The third-order valence-electron chi connectivity index (χ3n) is 6.30. The van der Waals surface area contributed by atoms with Crippen LogP contribution in [0.1, 0.15) is 55.3 Å². The normalized spacial score (nSPS) is 22.0. The Morgan fingerprint density at radius 1 is 1.12 bits per heavy atom. The Kier molecular flexibility index (Phi) is 10.5. The fourth-order valence-electron chi connectivity index (χ4n) is 4.42. The summed E-state index contributed by atoms with van der Waals surface area (Å²) in [6.45, 7) is 2.02. The van der Waals surface area contributed by atoms with E-state index >= 15 is 0 Å². The van der Waals surface area contributed by atoms with Crippen LogP contribution in [0.15, 0.2) is 24.3 Å². The maximum absolute atomic E-state index is 12.3. The van der Waals surface area contributed by atoms with Crippen LogP contribution >= 0.6 is 11.8 Å². The van der Waals surface area contributed by atoms with Gasteiger partial charge in [-0.25, -0.2) is 4.79 Å². The number of carbonyl (C=O) groups excluding carboxylic acids is 3. The number of hydrogen-bond donors (Lipinski definition) is 6. The molecular formula is C24H38N6O3S. The van der Waals surface area contributed by atoms with E-state index in [1.807, 2.05) is 11.8 Å². The summed E-state index contributed by atoms with van der Waals surface area (Å²) >= 11 is 1.91. The summed E-state index contributed by atoms with van der Waals surface area (Å²) in [6.07, 6.45) is 5.50. The molecule has 188 valence electrons. The van der Waals surface area contributed by atoms with Gasteiger partial charge in [0.05, 0.1) is 12.1 Å². The number of nitrogens with one attached hydrogen (secondary N) is 4. The number of thioether (sulfide) groups is 1. The van der Waals surface area contributed by atoms with Gasteiger partial charge in [0.15, 0.2) is 5.78 Å². The lowest BCUT2D eigenvalue weighted by Gasteiger charge is -2.16. The van der Waals surface area contributed by atoms with Crippen molar-refractivity contribution in [1.82, 2.24) is 21.3 Å². The van der Waals surface area contributed by atoms with Crippen LogP contribution in [0.3, 0.4) is 0 Å². The molecule has 0 radical (unpaired) electrons. The summed E-state index contributed by atoms with van der Waals surface area (Å²) in [5.74, 6) is 1.03. The van der Waals surface area contributed by atoms with Gasteiger partial charge < -0.3 is 32.7 Å². The van der Waals surface area contributed by atoms with Crippen LogP contribution in [-0.2, 0) is 4.79 Å². The molecule has 4 unspecified atom stereocenters. The smallest absolute Gasteiger partial charge is 0.315 e. The maximum atomic E-state index is 12.3. The Labute approximate surface area is 205 Å². The van der Waals surface area contributed by atoms with Crippen LogP contribution in [0, 0.1) is 0 Å². The Morgan fingerprint density at radius 3 is 2.74 bits per heavy atom. The Hall–Kier alpha value is -2.30. The molecule has 2 saturated heterocycles. The number of hydrogen-bond acceptors (Lipinski definition) is 7. The molecule has 2 aliphatic heterocycles. The third-order valence-corrected chi connectivity index (χ3v) is 7.81. The van der Waals surface area contributed by atoms with Crippen molar-refractivity contribution in [2.24, 2.45) is 5.73 Å². The second kappa shape index (κ2) is 13.6. The summed E-state index contributed by atoms with van der Waals surface area (Å²) in [5, 5.41) is 12.7. The number of rotatable bonds is 15. The van der Waals surface area contributed by atoms with E-state index in [4.69, 9.17) is 11.5 Å². The zero-order valence-corrected chi connectivity index (χ0v) is 20.5. The quantitative estimate of drug-likeness (QED) is 0.0940. The van der Waals surface area contributed by atoms with Crippen LogP contribution in [0.5, 0.6) is 0 Å². The van der Waals surface area contributed by atoms with Gasteiger partial charge in [0.25, 0.3) is 0 Å². The van der Waals surface area contributed by atoms with E-state index < -0.39 is 0 Å². The standard InChI is InChI=1S/C24H38N6O3S/c25-16(13-20(31)17-7-1-2-8-18(17)26)14-27-11-5-6-12-28-22(32)10-4-3-9-21-23-19(15-34-21)29-24(33)30-23/h1-2,7-8,16,19,21,23,27H,3-6,9-15,25-26H2,(H,28,32)(H2,29,30,33). The number of anilines is 1. The molecule has 3 rings (SSSR count). The SMILES string of the molecule is Nc1ccccc1C(=O)CC(N)CNCCCCNC(=O)CCCCC1SCC2NC(=O)NC21. The lowest BCUT2D eigenvalue weighted by Crippen LogP contribution is -2.36. The van der Waals surface area contributed by atoms with E-state index in [-0.39, 0.29) is 42.3 Å². The van der Waals surface area contributed by atoms with Crippen LogP contribution in [0.4, 0.5) is 10.5 Å². The average molecular weight is 491 g/mol. The van der Waals surface area contributed by atoms with Gasteiger partial charge in [0.1, 0.15) is 0 Å². The van der Waals surface area contributed by atoms with Gasteiger partial charge in [-0.05, 0) is 44.4 Å². The number of ketones is 1. The molecule has 1 aromatic carbocycles. The first-order valence-corrected chi connectivity index (χ1v) is 13.3. The highest BCUT2D eigenvalue weighted by molar-refractivity contribution is 8.00. The molecule has 4 atom stereocenters. The first kappa shape index (κ1) is 26.3. The van der Waals surface area contributed by atoms with Crippen molar-refractivity contribution < 1.29 is 14.4 Å². The Balaban J connectivity index is 1.14. The molecule has 2 aliphatic rings. The Bertz CT molecular complexity index is 839. The predicted molar refractivity (Wildman–Crippen MR) is 137 cm³/mol. The highest BCUT2D eigenvalue weighted by Gasteiger charge is 2.42. The molecule has 0 aromatic heterocycles. The van der Waals surface area contributed by atoms with E-state index in [1.165, 1.54) is 0 Å². The molecule has 0 aliphatic carbocycles. The summed E-state index contributed by atoms with van der Waals surface area (Å²) in [7, 11) is 0. The van der Waals surface area contributed by atoms with E-state index in [0.29, 0.717) is 36.0 Å². The molecule has 3 amide bonds. The van der Waals surface area contributed by atoms with Gasteiger partial charge in [0.2, 0.25) is 5.91 Å². The number of carbonyl (C=O) groups is 3.